The molecule has 0 radical (unpaired) electrons. The monoisotopic (exact) mass is 396 g/mol. The Bertz CT molecular complexity index is 670. The van der Waals surface area contributed by atoms with Crippen LogP contribution in [-0.2, 0) is 4.79 Å². The molecule has 0 spiro atoms. The standard InChI is InChI=1S/C20H22ClFN2O.ClH/c1-24(19(25)13-18-3-2-12-23-18)20(14-4-8-16(21)9-5-14)15-6-10-17(22)11-7-15;/h4-11,18,20,23H,2-3,12-13H2,1H3;1H. The zero-order valence-electron chi connectivity index (χ0n) is 14.6. The van der Waals surface area contributed by atoms with E-state index in [2.05, 4.69) is 5.32 Å². The molecule has 2 atom stereocenters. The van der Waals surface area contributed by atoms with Crippen molar-refractivity contribution in [3.8, 4) is 0 Å². The predicted molar refractivity (Wildman–Crippen MR) is 105 cm³/mol. The molecule has 140 valence electrons. The molecule has 1 aliphatic rings. The van der Waals surface area contributed by atoms with Crippen LogP contribution in [0, 0.1) is 5.82 Å². The summed E-state index contributed by atoms with van der Waals surface area (Å²) in [7, 11) is 1.81. The van der Waals surface area contributed by atoms with Crippen molar-refractivity contribution < 1.29 is 9.18 Å². The number of carbonyl (C=O) groups excluding carboxylic acids is 1. The fourth-order valence-corrected chi connectivity index (χ4v) is 3.49. The number of amides is 1. The summed E-state index contributed by atoms with van der Waals surface area (Å²) in [5.74, 6) is -0.216. The van der Waals surface area contributed by atoms with E-state index in [4.69, 9.17) is 11.6 Å². The van der Waals surface area contributed by atoms with Gasteiger partial charge in [0.15, 0.2) is 0 Å². The highest BCUT2D eigenvalue weighted by Crippen LogP contribution is 2.29. The number of nitrogens with one attached hydrogen (secondary N) is 1. The Kier molecular flexibility index (Phi) is 7.44. The third kappa shape index (κ3) is 4.97. The summed E-state index contributed by atoms with van der Waals surface area (Å²) < 4.78 is 13.3. The second-order valence-electron chi connectivity index (χ2n) is 6.51. The van der Waals surface area contributed by atoms with E-state index in [1.165, 1.54) is 12.1 Å². The normalized spacial score (nSPS) is 17.4. The molecular weight excluding hydrogens is 374 g/mol. The Labute approximate surface area is 164 Å². The van der Waals surface area contributed by atoms with Crippen molar-refractivity contribution >= 4 is 29.9 Å². The smallest absolute Gasteiger partial charge is 0.224 e. The van der Waals surface area contributed by atoms with Gasteiger partial charge in [0.25, 0.3) is 0 Å². The van der Waals surface area contributed by atoms with Gasteiger partial charge in [0.2, 0.25) is 5.91 Å². The molecule has 1 aliphatic heterocycles. The van der Waals surface area contributed by atoms with Gasteiger partial charge in [-0.1, -0.05) is 35.9 Å². The van der Waals surface area contributed by atoms with Gasteiger partial charge in [-0.25, -0.2) is 4.39 Å². The molecule has 26 heavy (non-hydrogen) atoms. The lowest BCUT2D eigenvalue weighted by molar-refractivity contribution is -0.131. The van der Waals surface area contributed by atoms with Crippen LogP contribution in [0.4, 0.5) is 4.39 Å². The van der Waals surface area contributed by atoms with E-state index in [-0.39, 0.29) is 36.2 Å². The van der Waals surface area contributed by atoms with E-state index < -0.39 is 0 Å². The molecule has 2 aromatic carbocycles. The van der Waals surface area contributed by atoms with E-state index in [1.54, 1.807) is 24.1 Å². The van der Waals surface area contributed by atoms with Crippen molar-refractivity contribution in [2.75, 3.05) is 13.6 Å². The van der Waals surface area contributed by atoms with Crippen molar-refractivity contribution in [1.82, 2.24) is 10.2 Å². The average molecular weight is 397 g/mol. The van der Waals surface area contributed by atoms with Gasteiger partial charge in [-0.05, 0) is 54.8 Å². The van der Waals surface area contributed by atoms with E-state index in [0.717, 1.165) is 30.5 Å². The minimum Gasteiger partial charge on any atom is -0.335 e. The summed E-state index contributed by atoms with van der Waals surface area (Å²) in [6, 6.07) is 13.7. The van der Waals surface area contributed by atoms with Gasteiger partial charge in [-0.2, -0.15) is 0 Å². The van der Waals surface area contributed by atoms with Crippen LogP contribution in [0.15, 0.2) is 48.5 Å². The number of hydrogen-bond acceptors (Lipinski definition) is 2. The largest absolute Gasteiger partial charge is 0.335 e. The van der Waals surface area contributed by atoms with Gasteiger partial charge in [0, 0.05) is 24.5 Å². The molecule has 1 fully saturated rings. The Morgan fingerprint density at radius 3 is 2.31 bits per heavy atom. The van der Waals surface area contributed by atoms with Gasteiger partial charge < -0.3 is 10.2 Å². The first-order valence-corrected chi connectivity index (χ1v) is 8.92. The predicted octanol–water partition coefficient (Wildman–Crippen LogP) is 4.59. The zero-order chi connectivity index (χ0) is 17.8. The molecule has 0 saturated carbocycles. The maximum Gasteiger partial charge on any atom is 0.224 e. The SMILES string of the molecule is CN(C(=O)CC1CCCN1)C(c1ccc(F)cc1)c1ccc(Cl)cc1.Cl. The molecule has 6 heteroatoms. The molecule has 0 aliphatic carbocycles. The second-order valence-corrected chi connectivity index (χ2v) is 6.94. The van der Waals surface area contributed by atoms with Gasteiger partial charge in [-0.15, -0.1) is 12.4 Å². The Hall–Kier alpha value is -1.62. The summed E-state index contributed by atoms with van der Waals surface area (Å²) in [6.07, 6.45) is 2.61. The van der Waals surface area contributed by atoms with Gasteiger partial charge >= 0.3 is 0 Å². The summed E-state index contributed by atoms with van der Waals surface area (Å²) in [5, 5.41) is 4.01. The Morgan fingerprint density at radius 1 is 1.19 bits per heavy atom. The molecule has 1 N–H and O–H groups in total. The lowest BCUT2D eigenvalue weighted by atomic mass is 9.96. The molecule has 0 aromatic heterocycles. The number of rotatable bonds is 5. The molecule has 0 bridgehead atoms. The minimum absolute atomic E-state index is 0. The number of nitrogens with zero attached hydrogens (tertiary/aromatic N) is 1. The van der Waals surface area contributed by atoms with Crippen LogP contribution in [0.25, 0.3) is 0 Å². The topological polar surface area (TPSA) is 32.3 Å². The van der Waals surface area contributed by atoms with Crippen molar-refractivity contribution in [3.05, 3.63) is 70.5 Å². The molecule has 2 unspecified atom stereocenters. The van der Waals surface area contributed by atoms with Crippen LogP contribution in [0.5, 0.6) is 0 Å². The summed E-state index contributed by atoms with van der Waals surface area (Å²) in [4.78, 5) is 14.6. The van der Waals surface area contributed by atoms with Crippen molar-refractivity contribution in [2.24, 2.45) is 0 Å². The quantitative estimate of drug-likeness (QED) is 0.801. The molecule has 3 rings (SSSR count). The lowest BCUT2D eigenvalue weighted by Gasteiger charge is -2.30. The van der Waals surface area contributed by atoms with E-state index in [1.807, 2.05) is 24.3 Å². The Balaban J connectivity index is 0.00000243. The number of carbonyl (C=O) groups is 1. The fraction of sp³-hybridized carbons (Fsp3) is 0.350. The van der Waals surface area contributed by atoms with E-state index in [0.29, 0.717) is 11.4 Å². The van der Waals surface area contributed by atoms with Crippen LogP contribution >= 0.6 is 24.0 Å². The van der Waals surface area contributed by atoms with Gasteiger partial charge in [-0.3, -0.25) is 4.79 Å². The molecule has 1 saturated heterocycles. The van der Waals surface area contributed by atoms with Crippen LogP contribution in [0.1, 0.15) is 36.4 Å². The van der Waals surface area contributed by atoms with E-state index >= 15 is 0 Å². The minimum atomic E-state index is -0.289. The molecule has 1 heterocycles. The maximum absolute atomic E-state index is 13.3. The summed E-state index contributed by atoms with van der Waals surface area (Å²) in [6.45, 7) is 0.972. The first-order valence-electron chi connectivity index (χ1n) is 8.54. The first-order chi connectivity index (χ1) is 12.0. The summed E-state index contributed by atoms with van der Waals surface area (Å²) in [5.41, 5.74) is 1.82. The van der Waals surface area contributed by atoms with Crippen LogP contribution in [-0.4, -0.2) is 30.4 Å². The third-order valence-corrected chi connectivity index (χ3v) is 4.99. The number of benzene rings is 2. The van der Waals surface area contributed by atoms with Gasteiger partial charge in [0.05, 0.1) is 6.04 Å². The molecule has 3 nitrogen and oxygen atoms in total. The van der Waals surface area contributed by atoms with Crippen LogP contribution in [0.3, 0.4) is 0 Å². The molecule has 2 aromatic rings. The fourth-order valence-electron chi connectivity index (χ4n) is 3.36. The van der Waals surface area contributed by atoms with Crippen LogP contribution in [0.2, 0.25) is 5.02 Å². The second kappa shape index (κ2) is 9.36. The zero-order valence-corrected chi connectivity index (χ0v) is 16.2. The maximum atomic E-state index is 13.3. The number of hydrogen-bond donors (Lipinski definition) is 1. The third-order valence-electron chi connectivity index (χ3n) is 4.74. The van der Waals surface area contributed by atoms with Crippen molar-refractivity contribution in [1.29, 1.82) is 0 Å². The molecule has 1 amide bonds. The van der Waals surface area contributed by atoms with Crippen molar-refractivity contribution in [3.63, 3.8) is 0 Å². The lowest BCUT2D eigenvalue weighted by Crippen LogP contribution is -2.36. The molecular formula is C20H23Cl2FN2O. The Morgan fingerprint density at radius 2 is 1.77 bits per heavy atom. The van der Waals surface area contributed by atoms with Crippen molar-refractivity contribution in [2.45, 2.75) is 31.3 Å². The van der Waals surface area contributed by atoms with Gasteiger partial charge in [0.1, 0.15) is 5.82 Å². The highest BCUT2D eigenvalue weighted by atomic mass is 35.5. The average Bonchev–Trinajstić information content (AvgIpc) is 3.11. The number of halogens is 3. The highest BCUT2D eigenvalue weighted by Gasteiger charge is 2.26. The van der Waals surface area contributed by atoms with Crippen LogP contribution < -0.4 is 5.32 Å². The van der Waals surface area contributed by atoms with E-state index in [9.17, 15) is 9.18 Å². The highest BCUT2D eigenvalue weighted by molar-refractivity contribution is 6.30. The summed E-state index contributed by atoms with van der Waals surface area (Å²) >= 11 is 6.00. The first kappa shape index (κ1) is 20.7.